The molecule has 74 valence electrons. The summed E-state index contributed by atoms with van der Waals surface area (Å²) < 4.78 is 0. The molecule has 0 aromatic heterocycles. The van der Waals surface area contributed by atoms with Crippen molar-refractivity contribution in [2.45, 2.75) is 19.4 Å². The maximum atomic E-state index is 11.3. The summed E-state index contributed by atoms with van der Waals surface area (Å²) in [4.78, 5) is 11.3. The standard InChI is InChI=1S/C11H14N2O/c1-8(12)11(14)10(13)7-9-5-3-2-4-6-9/h2-6,10,12H,7,13H2,1H3/t10-/m1/s1. The number of hydrogen-bond acceptors (Lipinski definition) is 3. The van der Waals surface area contributed by atoms with Gasteiger partial charge in [0.05, 0.1) is 11.8 Å². The number of hydrogen-bond donors (Lipinski definition) is 2. The second-order valence-corrected chi connectivity index (χ2v) is 3.29. The van der Waals surface area contributed by atoms with E-state index in [2.05, 4.69) is 0 Å². The molecule has 0 fully saturated rings. The SMILES string of the molecule is CC(=N)C(=O)[C@H](N)Cc1ccccc1. The molecule has 3 N–H and O–H groups in total. The summed E-state index contributed by atoms with van der Waals surface area (Å²) in [5, 5.41) is 7.17. The summed E-state index contributed by atoms with van der Waals surface area (Å²) in [6, 6.07) is 8.99. The number of carbonyl (C=O) groups excluding carboxylic acids is 1. The van der Waals surface area contributed by atoms with Crippen LogP contribution in [0.1, 0.15) is 12.5 Å². The summed E-state index contributed by atoms with van der Waals surface area (Å²) in [7, 11) is 0. The molecule has 3 heteroatoms. The van der Waals surface area contributed by atoms with Gasteiger partial charge in [0, 0.05) is 0 Å². The minimum absolute atomic E-state index is 0.0217. The summed E-state index contributed by atoms with van der Waals surface area (Å²) in [5.74, 6) is -0.283. The molecule has 1 atom stereocenters. The second-order valence-electron chi connectivity index (χ2n) is 3.29. The molecule has 0 saturated carbocycles. The molecule has 0 aliphatic heterocycles. The van der Waals surface area contributed by atoms with Gasteiger partial charge in [-0.25, -0.2) is 0 Å². The fourth-order valence-electron chi connectivity index (χ4n) is 1.24. The predicted molar refractivity (Wildman–Crippen MR) is 56.5 cm³/mol. The maximum absolute atomic E-state index is 11.3. The lowest BCUT2D eigenvalue weighted by atomic mass is 10.0. The summed E-state index contributed by atoms with van der Waals surface area (Å²) >= 11 is 0. The monoisotopic (exact) mass is 190 g/mol. The largest absolute Gasteiger partial charge is 0.321 e. The average Bonchev–Trinajstić information content (AvgIpc) is 2.18. The topological polar surface area (TPSA) is 66.9 Å². The Morgan fingerprint density at radius 1 is 1.43 bits per heavy atom. The Labute approximate surface area is 83.4 Å². The van der Waals surface area contributed by atoms with Crippen LogP contribution >= 0.6 is 0 Å². The zero-order valence-electron chi connectivity index (χ0n) is 8.16. The van der Waals surface area contributed by atoms with Gasteiger partial charge in [-0.2, -0.15) is 0 Å². The van der Waals surface area contributed by atoms with E-state index in [1.807, 2.05) is 30.3 Å². The van der Waals surface area contributed by atoms with Gasteiger partial charge in [0.2, 0.25) is 0 Å². The van der Waals surface area contributed by atoms with E-state index < -0.39 is 6.04 Å². The van der Waals surface area contributed by atoms with E-state index in [1.54, 1.807) is 0 Å². The number of Topliss-reactive ketones (excluding diaryl/α,β-unsaturated/α-hetero) is 1. The van der Waals surface area contributed by atoms with E-state index in [1.165, 1.54) is 6.92 Å². The first-order chi connectivity index (χ1) is 6.61. The van der Waals surface area contributed by atoms with Crippen LogP contribution in [0.25, 0.3) is 0 Å². The Bertz CT molecular complexity index is 332. The Morgan fingerprint density at radius 2 is 2.00 bits per heavy atom. The third-order valence-electron chi connectivity index (χ3n) is 2.00. The Kier molecular flexibility index (Phi) is 3.54. The van der Waals surface area contributed by atoms with Crippen molar-refractivity contribution in [3.63, 3.8) is 0 Å². The van der Waals surface area contributed by atoms with E-state index in [-0.39, 0.29) is 11.5 Å². The van der Waals surface area contributed by atoms with Crippen molar-refractivity contribution in [3.8, 4) is 0 Å². The van der Waals surface area contributed by atoms with E-state index in [4.69, 9.17) is 11.1 Å². The normalized spacial score (nSPS) is 12.1. The van der Waals surface area contributed by atoms with Gasteiger partial charge in [-0.15, -0.1) is 0 Å². The predicted octanol–water partition coefficient (Wildman–Crippen LogP) is 1.17. The smallest absolute Gasteiger partial charge is 0.192 e. The van der Waals surface area contributed by atoms with Crippen LogP contribution < -0.4 is 5.73 Å². The number of nitrogens with two attached hydrogens (primary N) is 1. The summed E-state index contributed by atoms with van der Waals surface area (Å²) in [6.07, 6.45) is 0.496. The molecule has 1 aromatic carbocycles. The molecule has 0 radical (unpaired) electrons. The Balaban J connectivity index is 2.62. The highest BCUT2D eigenvalue weighted by molar-refractivity contribution is 6.39. The van der Waals surface area contributed by atoms with Gasteiger partial charge in [0.25, 0.3) is 0 Å². The van der Waals surface area contributed by atoms with Gasteiger partial charge in [0.15, 0.2) is 5.78 Å². The number of benzene rings is 1. The molecule has 0 amide bonds. The van der Waals surface area contributed by atoms with Crippen molar-refractivity contribution < 1.29 is 4.79 Å². The Hall–Kier alpha value is -1.48. The lowest BCUT2D eigenvalue weighted by Gasteiger charge is -2.08. The van der Waals surface area contributed by atoms with E-state index in [0.29, 0.717) is 6.42 Å². The molecule has 0 unspecified atom stereocenters. The third-order valence-corrected chi connectivity index (χ3v) is 2.00. The van der Waals surface area contributed by atoms with Crippen LogP contribution in [0.5, 0.6) is 0 Å². The van der Waals surface area contributed by atoms with Gasteiger partial charge in [0.1, 0.15) is 0 Å². The molecule has 0 saturated heterocycles. The highest BCUT2D eigenvalue weighted by atomic mass is 16.1. The van der Waals surface area contributed by atoms with Gasteiger partial charge >= 0.3 is 0 Å². The number of rotatable bonds is 4. The van der Waals surface area contributed by atoms with Crippen LogP contribution in [0, 0.1) is 5.41 Å². The molecule has 3 nitrogen and oxygen atoms in total. The van der Waals surface area contributed by atoms with Crippen molar-refractivity contribution in [1.82, 2.24) is 0 Å². The third kappa shape index (κ3) is 2.78. The minimum atomic E-state index is -0.588. The zero-order valence-corrected chi connectivity index (χ0v) is 8.16. The molecular weight excluding hydrogens is 176 g/mol. The average molecular weight is 190 g/mol. The quantitative estimate of drug-likeness (QED) is 0.700. The van der Waals surface area contributed by atoms with Crippen molar-refractivity contribution in [2.24, 2.45) is 5.73 Å². The molecule has 0 spiro atoms. The highest BCUT2D eigenvalue weighted by Gasteiger charge is 2.15. The van der Waals surface area contributed by atoms with Gasteiger partial charge in [-0.05, 0) is 18.9 Å². The van der Waals surface area contributed by atoms with E-state index in [0.717, 1.165) is 5.56 Å². The van der Waals surface area contributed by atoms with Crippen LogP contribution in [-0.2, 0) is 11.2 Å². The maximum Gasteiger partial charge on any atom is 0.192 e. The van der Waals surface area contributed by atoms with Gasteiger partial charge in [-0.3, -0.25) is 4.79 Å². The Morgan fingerprint density at radius 3 is 2.50 bits per heavy atom. The van der Waals surface area contributed by atoms with Crippen LogP contribution in [0.15, 0.2) is 30.3 Å². The number of ketones is 1. The highest BCUT2D eigenvalue weighted by Crippen LogP contribution is 2.02. The number of carbonyl (C=O) groups is 1. The van der Waals surface area contributed by atoms with Crippen LogP contribution in [0.3, 0.4) is 0 Å². The zero-order chi connectivity index (χ0) is 10.6. The fraction of sp³-hybridized carbons (Fsp3) is 0.273. The molecule has 0 aliphatic carbocycles. The lowest BCUT2D eigenvalue weighted by molar-refractivity contribution is -0.114. The van der Waals surface area contributed by atoms with Crippen molar-refractivity contribution >= 4 is 11.5 Å². The van der Waals surface area contributed by atoms with Gasteiger partial charge < -0.3 is 11.1 Å². The first-order valence-corrected chi connectivity index (χ1v) is 4.50. The van der Waals surface area contributed by atoms with Crippen molar-refractivity contribution in [2.75, 3.05) is 0 Å². The summed E-state index contributed by atoms with van der Waals surface area (Å²) in [5.41, 5.74) is 6.70. The lowest BCUT2D eigenvalue weighted by Crippen LogP contribution is -2.36. The first-order valence-electron chi connectivity index (χ1n) is 4.50. The van der Waals surface area contributed by atoms with E-state index >= 15 is 0 Å². The van der Waals surface area contributed by atoms with Crippen molar-refractivity contribution in [1.29, 1.82) is 5.41 Å². The molecular formula is C11H14N2O. The first kappa shape index (κ1) is 10.6. The minimum Gasteiger partial charge on any atom is -0.321 e. The molecule has 1 rings (SSSR count). The fourth-order valence-corrected chi connectivity index (χ4v) is 1.24. The molecule has 0 aliphatic rings. The van der Waals surface area contributed by atoms with Gasteiger partial charge in [-0.1, -0.05) is 30.3 Å². The molecule has 0 bridgehead atoms. The van der Waals surface area contributed by atoms with Crippen LogP contribution in [0.2, 0.25) is 0 Å². The molecule has 0 heterocycles. The molecule has 1 aromatic rings. The second kappa shape index (κ2) is 4.67. The van der Waals surface area contributed by atoms with Crippen LogP contribution in [0.4, 0.5) is 0 Å². The number of nitrogens with one attached hydrogen (secondary N) is 1. The van der Waals surface area contributed by atoms with Crippen LogP contribution in [-0.4, -0.2) is 17.5 Å². The van der Waals surface area contributed by atoms with E-state index in [9.17, 15) is 4.79 Å². The molecule has 14 heavy (non-hydrogen) atoms. The van der Waals surface area contributed by atoms with Crippen molar-refractivity contribution in [3.05, 3.63) is 35.9 Å². The summed E-state index contributed by atoms with van der Waals surface area (Å²) in [6.45, 7) is 1.47.